The highest BCUT2D eigenvalue weighted by Gasteiger charge is 2.42. The maximum Gasteiger partial charge on any atom is 0.339 e. The number of ketones is 1. The van der Waals surface area contributed by atoms with Gasteiger partial charge in [-0.25, -0.2) is 17.5 Å². The molecule has 4 rings (SSSR count). The summed E-state index contributed by atoms with van der Waals surface area (Å²) in [5.74, 6) is -0.820. The highest BCUT2D eigenvalue weighted by molar-refractivity contribution is 7.89. The molecule has 2 heterocycles. The molecule has 1 atom stereocenters. The van der Waals surface area contributed by atoms with Crippen molar-refractivity contribution in [3.05, 3.63) is 83.2 Å². The summed E-state index contributed by atoms with van der Waals surface area (Å²) in [5.41, 5.74) is 1.20. The first-order valence-corrected chi connectivity index (χ1v) is 10.8. The van der Waals surface area contributed by atoms with Crippen LogP contribution in [0, 0.1) is 6.92 Å². The molecule has 0 fully saturated rings. The lowest BCUT2D eigenvalue weighted by Gasteiger charge is -2.33. The van der Waals surface area contributed by atoms with E-state index in [0.717, 1.165) is 16.1 Å². The first-order chi connectivity index (χ1) is 14.3. The highest BCUT2D eigenvalue weighted by Crippen LogP contribution is 2.37. The second-order valence-corrected chi connectivity index (χ2v) is 8.70. The van der Waals surface area contributed by atoms with Crippen LogP contribution in [0.3, 0.4) is 0 Å². The lowest BCUT2D eigenvalue weighted by Crippen LogP contribution is -2.40. The molecule has 2 aliphatic rings. The van der Waals surface area contributed by atoms with E-state index >= 15 is 0 Å². The van der Waals surface area contributed by atoms with Gasteiger partial charge in [-0.1, -0.05) is 29.8 Å². The number of carbonyl (C=O) groups is 2. The van der Waals surface area contributed by atoms with Crippen LogP contribution in [-0.2, 0) is 19.6 Å². The Bertz CT molecular complexity index is 1190. The Morgan fingerprint density at radius 2 is 1.80 bits per heavy atom. The number of hydrogen-bond donors (Lipinski definition) is 0. The third-order valence-electron chi connectivity index (χ3n) is 4.84. The van der Waals surface area contributed by atoms with Gasteiger partial charge in [-0.2, -0.15) is 0 Å². The summed E-state index contributed by atoms with van der Waals surface area (Å²) in [6.07, 6.45) is 1.32. The summed E-state index contributed by atoms with van der Waals surface area (Å²) in [6.45, 7) is 3.58. The molecule has 0 aliphatic carbocycles. The summed E-state index contributed by atoms with van der Waals surface area (Å²) in [6, 6.07) is 12.9. The van der Waals surface area contributed by atoms with E-state index < -0.39 is 27.9 Å². The van der Waals surface area contributed by atoms with Crippen molar-refractivity contribution in [2.45, 2.75) is 24.8 Å². The summed E-state index contributed by atoms with van der Waals surface area (Å²) in [4.78, 5) is 25.7. The van der Waals surface area contributed by atoms with E-state index in [1.54, 1.807) is 43.3 Å². The Morgan fingerprint density at radius 3 is 2.50 bits per heavy atom. The Hall–Kier alpha value is -3.39. The number of fused-ring (bicyclic) bond motifs is 2. The number of aryl methyl sites for hydroxylation is 1. The molecule has 154 valence electrons. The van der Waals surface area contributed by atoms with Gasteiger partial charge in [0.15, 0.2) is 11.9 Å². The first-order valence-electron chi connectivity index (χ1n) is 9.34. The molecular formula is C22H19NO6S. The molecule has 7 nitrogen and oxygen atoms in total. The van der Waals surface area contributed by atoms with Crippen LogP contribution < -0.4 is 4.74 Å². The molecule has 0 saturated carbocycles. The SMILES string of the molecule is CCOC(=O)C1=CN(S(=O)(=O)c2ccc(C)cc2)C=C2C(=O)c3ccccc3OC12. The first kappa shape index (κ1) is 19.9. The number of benzene rings is 2. The lowest BCUT2D eigenvalue weighted by atomic mass is 9.90. The molecule has 8 heteroatoms. The van der Waals surface area contributed by atoms with E-state index in [9.17, 15) is 18.0 Å². The van der Waals surface area contributed by atoms with Gasteiger partial charge in [0.25, 0.3) is 10.0 Å². The average Bonchev–Trinajstić information content (AvgIpc) is 2.74. The third kappa shape index (κ3) is 3.29. The van der Waals surface area contributed by atoms with Gasteiger partial charge < -0.3 is 9.47 Å². The normalized spacial score (nSPS) is 17.9. The number of ether oxygens (including phenoxy) is 2. The zero-order chi connectivity index (χ0) is 21.5. The zero-order valence-corrected chi connectivity index (χ0v) is 17.2. The molecule has 0 bridgehead atoms. The maximum atomic E-state index is 13.2. The number of Topliss-reactive ketones (excluding diaryl/α,β-unsaturated/α-hetero) is 1. The van der Waals surface area contributed by atoms with Crippen molar-refractivity contribution in [2.75, 3.05) is 6.61 Å². The van der Waals surface area contributed by atoms with Crippen LogP contribution in [0.5, 0.6) is 5.75 Å². The van der Waals surface area contributed by atoms with Gasteiger partial charge in [0, 0.05) is 12.4 Å². The fraction of sp³-hybridized carbons (Fsp3) is 0.182. The summed E-state index contributed by atoms with van der Waals surface area (Å²) >= 11 is 0. The summed E-state index contributed by atoms with van der Waals surface area (Å²) < 4.78 is 38.2. The van der Waals surface area contributed by atoms with Crippen LogP contribution in [0.15, 0.2) is 77.0 Å². The highest BCUT2D eigenvalue weighted by atomic mass is 32.2. The zero-order valence-electron chi connectivity index (χ0n) is 16.4. The summed E-state index contributed by atoms with van der Waals surface area (Å²) in [7, 11) is -4.05. The summed E-state index contributed by atoms with van der Waals surface area (Å²) in [5, 5.41) is 0. The van der Waals surface area contributed by atoms with Crippen LogP contribution in [-0.4, -0.2) is 37.2 Å². The topological polar surface area (TPSA) is 90.0 Å². The van der Waals surface area contributed by atoms with Crippen LogP contribution in [0.2, 0.25) is 0 Å². The number of carbonyl (C=O) groups excluding carboxylic acids is 2. The van der Waals surface area contributed by atoms with Crippen LogP contribution >= 0.6 is 0 Å². The van der Waals surface area contributed by atoms with Crippen molar-refractivity contribution in [3.8, 4) is 5.75 Å². The standard InChI is InChI=1S/C22H19NO6S/c1-3-28-22(25)18-13-23(30(26,27)15-10-8-14(2)9-11-15)12-17-20(24)16-6-4-5-7-19(16)29-21(17)18/h4-13,21H,3H2,1-2H3. The van der Waals surface area contributed by atoms with Gasteiger partial charge >= 0.3 is 5.97 Å². The quantitative estimate of drug-likeness (QED) is 0.700. The Balaban J connectivity index is 1.84. The van der Waals surface area contributed by atoms with E-state index in [-0.39, 0.29) is 22.6 Å². The van der Waals surface area contributed by atoms with E-state index in [0.29, 0.717) is 11.3 Å². The van der Waals surface area contributed by atoms with Gasteiger partial charge in [0.05, 0.1) is 28.2 Å². The van der Waals surface area contributed by atoms with Gasteiger partial charge in [-0.15, -0.1) is 0 Å². The number of para-hydroxylation sites is 1. The van der Waals surface area contributed by atoms with E-state index in [4.69, 9.17) is 9.47 Å². The molecule has 2 aromatic carbocycles. The second kappa shape index (κ2) is 7.46. The minimum atomic E-state index is -4.05. The molecule has 0 N–H and O–H groups in total. The van der Waals surface area contributed by atoms with Gasteiger partial charge in [-0.3, -0.25) is 4.79 Å². The Morgan fingerprint density at radius 1 is 1.10 bits per heavy atom. The number of sulfonamides is 1. The predicted octanol–water partition coefficient (Wildman–Crippen LogP) is 2.97. The third-order valence-corrected chi connectivity index (χ3v) is 6.48. The Kier molecular flexibility index (Phi) is 4.95. The monoisotopic (exact) mass is 425 g/mol. The van der Waals surface area contributed by atoms with Crippen molar-refractivity contribution in [2.24, 2.45) is 0 Å². The number of hydrogen-bond acceptors (Lipinski definition) is 6. The molecule has 2 aromatic rings. The molecule has 0 radical (unpaired) electrons. The molecule has 0 saturated heterocycles. The average molecular weight is 425 g/mol. The van der Waals surface area contributed by atoms with Gasteiger partial charge in [-0.05, 0) is 38.1 Å². The van der Waals surface area contributed by atoms with Crippen LogP contribution in [0.4, 0.5) is 0 Å². The van der Waals surface area contributed by atoms with E-state index in [1.165, 1.54) is 18.3 Å². The molecular weight excluding hydrogens is 406 g/mol. The molecule has 30 heavy (non-hydrogen) atoms. The minimum absolute atomic E-state index is 0.0347. The number of nitrogens with zero attached hydrogens (tertiary/aromatic N) is 1. The smallest absolute Gasteiger partial charge is 0.339 e. The number of rotatable bonds is 4. The van der Waals surface area contributed by atoms with Crippen molar-refractivity contribution in [1.82, 2.24) is 4.31 Å². The van der Waals surface area contributed by atoms with Crippen LogP contribution in [0.25, 0.3) is 0 Å². The fourth-order valence-electron chi connectivity index (χ4n) is 3.30. The molecule has 0 amide bonds. The van der Waals surface area contributed by atoms with Gasteiger partial charge in [0.2, 0.25) is 0 Å². The van der Waals surface area contributed by atoms with Crippen molar-refractivity contribution in [3.63, 3.8) is 0 Å². The fourth-order valence-corrected chi connectivity index (χ4v) is 4.53. The van der Waals surface area contributed by atoms with Gasteiger partial charge in [0.1, 0.15) is 5.75 Å². The second-order valence-electron chi connectivity index (χ2n) is 6.86. The number of esters is 1. The predicted molar refractivity (Wildman–Crippen MR) is 108 cm³/mol. The molecule has 2 aliphatic heterocycles. The van der Waals surface area contributed by atoms with E-state index in [1.807, 2.05) is 6.92 Å². The largest absolute Gasteiger partial charge is 0.480 e. The maximum absolute atomic E-state index is 13.2. The minimum Gasteiger partial charge on any atom is -0.480 e. The van der Waals surface area contributed by atoms with Crippen molar-refractivity contribution in [1.29, 1.82) is 0 Å². The van der Waals surface area contributed by atoms with E-state index in [2.05, 4.69) is 0 Å². The van der Waals surface area contributed by atoms with Crippen molar-refractivity contribution < 1.29 is 27.5 Å². The van der Waals surface area contributed by atoms with Crippen LogP contribution in [0.1, 0.15) is 22.8 Å². The molecule has 0 spiro atoms. The molecule has 1 unspecified atom stereocenters. The Labute approximate surface area is 174 Å². The molecule has 0 aromatic heterocycles. The van der Waals surface area contributed by atoms with Crippen molar-refractivity contribution >= 4 is 21.8 Å². The lowest BCUT2D eigenvalue weighted by molar-refractivity contribution is -0.139.